The number of nitrogens with one attached hydrogen (secondary N) is 2. The number of amides is 1. The fourth-order valence-corrected chi connectivity index (χ4v) is 3.39. The van der Waals surface area contributed by atoms with Gasteiger partial charge in [0, 0.05) is 27.7 Å². The molecule has 154 valence electrons. The van der Waals surface area contributed by atoms with Crippen LogP contribution in [0.2, 0.25) is 0 Å². The van der Waals surface area contributed by atoms with Crippen LogP contribution >= 0.6 is 0 Å². The third-order valence-corrected chi connectivity index (χ3v) is 4.87. The Morgan fingerprint density at radius 3 is 2.41 bits per heavy atom. The lowest BCUT2D eigenvalue weighted by Crippen LogP contribution is -2.26. The summed E-state index contributed by atoms with van der Waals surface area (Å²) in [5.41, 5.74) is 5.93. The zero-order valence-electron chi connectivity index (χ0n) is 16.5. The molecule has 0 unspecified atom stereocenters. The van der Waals surface area contributed by atoms with Crippen LogP contribution < -0.4 is 15.0 Å². The van der Waals surface area contributed by atoms with E-state index in [9.17, 15) is 13.2 Å². The number of benzene rings is 2. The molecule has 9 heteroatoms. The molecule has 0 aliphatic carbocycles. The van der Waals surface area contributed by atoms with Gasteiger partial charge in [0.1, 0.15) is 0 Å². The van der Waals surface area contributed by atoms with Crippen LogP contribution in [-0.2, 0) is 20.8 Å². The van der Waals surface area contributed by atoms with Crippen molar-refractivity contribution in [3.8, 4) is 22.8 Å². The van der Waals surface area contributed by atoms with Crippen LogP contribution in [-0.4, -0.2) is 39.8 Å². The second-order valence-electron chi connectivity index (χ2n) is 6.38. The van der Waals surface area contributed by atoms with Gasteiger partial charge in [-0.3, -0.25) is 4.79 Å². The second kappa shape index (κ2) is 8.14. The van der Waals surface area contributed by atoms with Gasteiger partial charge in [0.05, 0.1) is 20.5 Å². The molecular formula is C20H22N2O6S. The minimum Gasteiger partial charge on any atom is -0.493 e. The number of aryl methyl sites for hydroxylation is 1. The Morgan fingerprint density at radius 2 is 1.79 bits per heavy atom. The summed E-state index contributed by atoms with van der Waals surface area (Å²) in [6, 6.07) is 10.7. The molecular weight excluding hydrogens is 396 g/mol. The van der Waals surface area contributed by atoms with E-state index in [4.69, 9.17) is 9.47 Å². The van der Waals surface area contributed by atoms with Crippen molar-refractivity contribution >= 4 is 26.9 Å². The van der Waals surface area contributed by atoms with Gasteiger partial charge in [-0.15, -0.1) is 4.28 Å². The van der Waals surface area contributed by atoms with Crippen molar-refractivity contribution < 1.29 is 27.0 Å². The Kier molecular flexibility index (Phi) is 5.81. The number of hydroxylamine groups is 1. The molecule has 1 aromatic heterocycles. The van der Waals surface area contributed by atoms with Gasteiger partial charge in [-0.05, 0) is 48.4 Å². The van der Waals surface area contributed by atoms with E-state index in [0.717, 1.165) is 34.0 Å². The number of aromatic nitrogens is 1. The van der Waals surface area contributed by atoms with Gasteiger partial charge in [0.15, 0.2) is 11.5 Å². The van der Waals surface area contributed by atoms with Crippen molar-refractivity contribution in [2.45, 2.75) is 13.3 Å². The lowest BCUT2D eigenvalue weighted by atomic mass is 10.0. The van der Waals surface area contributed by atoms with Crippen LogP contribution in [0.4, 0.5) is 0 Å². The Balaban J connectivity index is 2.04. The summed E-state index contributed by atoms with van der Waals surface area (Å²) < 4.78 is 37.2. The first-order valence-corrected chi connectivity index (χ1v) is 10.6. The molecule has 29 heavy (non-hydrogen) atoms. The maximum Gasteiger partial charge on any atom is 0.285 e. The number of methoxy groups -OCH3 is 2. The lowest BCUT2D eigenvalue weighted by Gasteiger charge is -2.10. The van der Waals surface area contributed by atoms with E-state index in [1.165, 1.54) is 0 Å². The highest BCUT2D eigenvalue weighted by molar-refractivity contribution is 7.85. The molecule has 2 N–H and O–H groups in total. The largest absolute Gasteiger partial charge is 0.493 e. The van der Waals surface area contributed by atoms with Gasteiger partial charge in [-0.1, -0.05) is 6.92 Å². The summed E-state index contributed by atoms with van der Waals surface area (Å²) in [6.07, 6.45) is 1.57. The van der Waals surface area contributed by atoms with Crippen LogP contribution in [0, 0.1) is 0 Å². The Bertz CT molecular complexity index is 1170. The fourth-order valence-electron chi connectivity index (χ4n) is 3.17. The highest BCUT2D eigenvalue weighted by Gasteiger charge is 2.17. The van der Waals surface area contributed by atoms with Gasteiger partial charge in [0.2, 0.25) is 0 Å². The third-order valence-electron chi connectivity index (χ3n) is 4.48. The number of H-pyrrole nitrogens is 1. The van der Waals surface area contributed by atoms with Gasteiger partial charge in [-0.25, -0.2) is 5.48 Å². The van der Waals surface area contributed by atoms with E-state index in [1.807, 2.05) is 30.6 Å². The van der Waals surface area contributed by atoms with Crippen molar-refractivity contribution in [1.82, 2.24) is 10.5 Å². The molecule has 0 aliphatic heterocycles. The second-order valence-corrected chi connectivity index (χ2v) is 7.96. The Hall–Kier alpha value is -3.04. The molecule has 0 aliphatic rings. The Morgan fingerprint density at radius 1 is 1.07 bits per heavy atom. The number of hydrogen-bond donors (Lipinski definition) is 2. The molecule has 0 bridgehead atoms. The lowest BCUT2D eigenvalue weighted by molar-refractivity contribution is 0.0772. The van der Waals surface area contributed by atoms with Gasteiger partial charge in [-0.2, -0.15) is 8.42 Å². The van der Waals surface area contributed by atoms with E-state index in [1.54, 1.807) is 32.4 Å². The van der Waals surface area contributed by atoms with Crippen LogP contribution in [0.1, 0.15) is 22.8 Å². The van der Waals surface area contributed by atoms with E-state index in [2.05, 4.69) is 9.27 Å². The summed E-state index contributed by atoms with van der Waals surface area (Å²) in [5.74, 6) is 0.604. The van der Waals surface area contributed by atoms with Crippen molar-refractivity contribution in [2.75, 3.05) is 20.5 Å². The van der Waals surface area contributed by atoms with Crippen molar-refractivity contribution in [3.05, 3.63) is 47.5 Å². The maximum absolute atomic E-state index is 12.2. The number of fused-ring (bicyclic) bond motifs is 1. The first-order valence-electron chi connectivity index (χ1n) is 8.83. The summed E-state index contributed by atoms with van der Waals surface area (Å²) in [4.78, 5) is 15.6. The van der Waals surface area contributed by atoms with Gasteiger partial charge >= 0.3 is 0 Å². The van der Waals surface area contributed by atoms with E-state index < -0.39 is 16.0 Å². The minimum atomic E-state index is -3.79. The number of carbonyl (C=O) groups excluding carboxylic acids is 1. The number of hydrogen-bond acceptors (Lipinski definition) is 6. The Labute approximate surface area is 168 Å². The fraction of sp³-hybridized carbons (Fsp3) is 0.250. The molecule has 0 atom stereocenters. The SMILES string of the molecule is CCc1c(-c2ccc(OC)c(OC)c2)[nH]c2ccc(C(=O)NOS(C)(=O)=O)cc12. The molecule has 1 heterocycles. The summed E-state index contributed by atoms with van der Waals surface area (Å²) in [5, 5.41) is 0.865. The average molecular weight is 418 g/mol. The quantitative estimate of drug-likeness (QED) is 0.571. The standard InChI is InChI=1S/C20H22N2O6S/c1-5-14-15-10-13(20(23)22-28-29(4,24)25)6-8-16(15)21-19(14)12-7-9-17(26-2)18(11-12)27-3/h6-11,21H,5H2,1-4H3,(H,22,23). The van der Waals surface area contributed by atoms with Crippen LogP contribution in [0.25, 0.3) is 22.2 Å². The average Bonchev–Trinajstić information content (AvgIpc) is 3.08. The summed E-state index contributed by atoms with van der Waals surface area (Å²) in [6.45, 7) is 2.02. The molecule has 3 rings (SSSR count). The smallest absolute Gasteiger partial charge is 0.285 e. The predicted molar refractivity (Wildman–Crippen MR) is 110 cm³/mol. The van der Waals surface area contributed by atoms with Crippen LogP contribution in [0.3, 0.4) is 0 Å². The van der Waals surface area contributed by atoms with E-state index in [-0.39, 0.29) is 5.56 Å². The number of carbonyl (C=O) groups is 1. The zero-order chi connectivity index (χ0) is 21.2. The van der Waals surface area contributed by atoms with Crippen molar-refractivity contribution in [1.29, 1.82) is 0 Å². The highest BCUT2D eigenvalue weighted by atomic mass is 32.2. The highest BCUT2D eigenvalue weighted by Crippen LogP contribution is 2.36. The molecule has 0 saturated carbocycles. The normalized spacial score (nSPS) is 11.4. The number of ether oxygens (including phenoxy) is 2. The molecule has 2 aromatic carbocycles. The maximum atomic E-state index is 12.2. The molecule has 3 aromatic rings. The molecule has 0 saturated heterocycles. The van der Waals surface area contributed by atoms with Crippen LogP contribution in [0.5, 0.6) is 11.5 Å². The van der Waals surface area contributed by atoms with E-state index in [0.29, 0.717) is 17.9 Å². The topological polar surface area (TPSA) is 107 Å². The molecule has 0 fully saturated rings. The zero-order valence-corrected chi connectivity index (χ0v) is 17.3. The number of rotatable bonds is 7. The van der Waals surface area contributed by atoms with Crippen molar-refractivity contribution in [3.63, 3.8) is 0 Å². The summed E-state index contributed by atoms with van der Waals surface area (Å²) in [7, 11) is -0.625. The predicted octanol–water partition coefficient (Wildman–Crippen LogP) is 3.04. The minimum absolute atomic E-state index is 0.286. The molecule has 0 radical (unpaired) electrons. The van der Waals surface area contributed by atoms with Crippen molar-refractivity contribution in [2.24, 2.45) is 0 Å². The molecule has 0 spiro atoms. The van der Waals surface area contributed by atoms with Gasteiger partial charge in [0.25, 0.3) is 16.0 Å². The third kappa shape index (κ3) is 4.36. The number of aromatic amines is 1. The molecule has 8 nitrogen and oxygen atoms in total. The molecule has 1 amide bonds. The monoisotopic (exact) mass is 418 g/mol. The van der Waals surface area contributed by atoms with Gasteiger partial charge < -0.3 is 14.5 Å². The first-order chi connectivity index (χ1) is 13.8. The van der Waals surface area contributed by atoms with Crippen LogP contribution in [0.15, 0.2) is 36.4 Å². The summed E-state index contributed by atoms with van der Waals surface area (Å²) >= 11 is 0. The first kappa shape index (κ1) is 20.7. The van der Waals surface area contributed by atoms with E-state index >= 15 is 0 Å².